The van der Waals surface area contributed by atoms with Crippen molar-refractivity contribution in [1.82, 2.24) is 9.47 Å². The molecule has 0 aliphatic carbocycles. The molecule has 2 heterocycles. The Bertz CT molecular complexity index is 1070. The van der Waals surface area contributed by atoms with Crippen LogP contribution in [0.4, 0.5) is 4.39 Å². The van der Waals surface area contributed by atoms with Crippen LogP contribution in [0.25, 0.3) is 10.9 Å². The van der Waals surface area contributed by atoms with Crippen molar-refractivity contribution in [2.24, 2.45) is 0 Å². The van der Waals surface area contributed by atoms with E-state index in [2.05, 4.69) is 28.8 Å². The number of rotatable bonds is 10. The van der Waals surface area contributed by atoms with Crippen LogP contribution >= 0.6 is 0 Å². The molecule has 0 spiro atoms. The highest BCUT2D eigenvalue weighted by Crippen LogP contribution is 2.31. The van der Waals surface area contributed by atoms with E-state index in [1.165, 1.54) is 34.3 Å². The van der Waals surface area contributed by atoms with Crippen LogP contribution in [-0.4, -0.2) is 28.2 Å². The smallest absolute Gasteiger partial charge is 0.222 e. The van der Waals surface area contributed by atoms with Crippen molar-refractivity contribution in [1.29, 1.82) is 0 Å². The molecule has 1 aromatic heterocycles. The van der Waals surface area contributed by atoms with Gasteiger partial charge >= 0.3 is 0 Å². The first-order valence-electron chi connectivity index (χ1n) is 11.7. The van der Waals surface area contributed by atoms with E-state index >= 15 is 0 Å². The van der Waals surface area contributed by atoms with Gasteiger partial charge in [-0.15, -0.1) is 0 Å². The molecule has 4 rings (SSSR count). The van der Waals surface area contributed by atoms with Gasteiger partial charge in [0.05, 0.1) is 6.54 Å². The summed E-state index contributed by atoms with van der Waals surface area (Å²) in [5, 5.41) is 1.30. The number of carbonyl (C=O) groups is 2. The molecular weight excluding hydrogens is 403 g/mol. The number of amides is 1. The molecular formula is C27H31FN2O2. The van der Waals surface area contributed by atoms with Gasteiger partial charge in [-0.3, -0.25) is 4.79 Å². The van der Waals surface area contributed by atoms with Crippen LogP contribution in [0.2, 0.25) is 0 Å². The van der Waals surface area contributed by atoms with Gasteiger partial charge in [0, 0.05) is 42.5 Å². The molecule has 0 unspecified atom stereocenters. The number of hydrogen-bond donors (Lipinski definition) is 0. The highest BCUT2D eigenvalue weighted by atomic mass is 19.1. The SMILES string of the molecule is O=CCCCCCC(=O)N1CCc2c(n(CCCc3ccc(F)cc3)c3ccccc23)C1. The lowest BCUT2D eigenvalue weighted by Gasteiger charge is -2.29. The molecule has 0 atom stereocenters. The molecule has 2 aromatic carbocycles. The number of aldehydes is 1. The van der Waals surface area contributed by atoms with Crippen LogP contribution in [-0.2, 0) is 35.5 Å². The number of para-hydroxylation sites is 1. The number of halogens is 1. The van der Waals surface area contributed by atoms with Gasteiger partial charge in [0.15, 0.2) is 0 Å². The monoisotopic (exact) mass is 434 g/mol. The van der Waals surface area contributed by atoms with E-state index in [1.54, 1.807) is 0 Å². The maximum atomic E-state index is 13.2. The Hall–Kier alpha value is -2.95. The number of benzene rings is 2. The molecule has 0 radical (unpaired) electrons. The van der Waals surface area contributed by atoms with E-state index < -0.39 is 0 Å². The Kier molecular flexibility index (Phi) is 7.35. The second-order valence-corrected chi connectivity index (χ2v) is 8.66. The summed E-state index contributed by atoms with van der Waals surface area (Å²) in [7, 11) is 0. The summed E-state index contributed by atoms with van der Waals surface area (Å²) < 4.78 is 15.6. The van der Waals surface area contributed by atoms with Crippen LogP contribution < -0.4 is 0 Å². The van der Waals surface area contributed by atoms with E-state index in [0.717, 1.165) is 63.5 Å². The summed E-state index contributed by atoms with van der Waals surface area (Å²) >= 11 is 0. The summed E-state index contributed by atoms with van der Waals surface area (Å²) in [5.41, 5.74) is 5.01. The van der Waals surface area contributed by atoms with Gasteiger partial charge in [-0.05, 0) is 61.4 Å². The number of hydrogen-bond acceptors (Lipinski definition) is 2. The number of aromatic nitrogens is 1. The first-order chi connectivity index (χ1) is 15.7. The van der Waals surface area contributed by atoms with Crippen LogP contribution in [0.15, 0.2) is 48.5 Å². The number of nitrogens with zero attached hydrogens (tertiary/aromatic N) is 2. The maximum absolute atomic E-state index is 13.2. The fourth-order valence-electron chi connectivity index (χ4n) is 4.79. The van der Waals surface area contributed by atoms with E-state index in [0.29, 0.717) is 19.4 Å². The van der Waals surface area contributed by atoms with Crippen molar-refractivity contribution in [3.63, 3.8) is 0 Å². The lowest BCUT2D eigenvalue weighted by Crippen LogP contribution is -2.36. The van der Waals surface area contributed by atoms with Gasteiger partial charge in [-0.1, -0.05) is 36.8 Å². The van der Waals surface area contributed by atoms with Crippen LogP contribution in [0, 0.1) is 5.82 Å². The van der Waals surface area contributed by atoms with E-state index in [4.69, 9.17) is 0 Å². The predicted molar refractivity (Wildman–Crippen MR) is 125 cm³/mol. The Morgan fingerprint density at radius 2 is 1.81 bits per heavy atom. The predicted octanol–water partition coefficient (Wildman–Crippen LogP) is 5.45. The lowest BCUT2D eigenvalue weighted by molar-refractivity contribution is -0.132. The molecule has 0 N–H and O–H groups in total. The van der Waals surface area contributed by atoms with E-state index in [-0.39, 0.29) is 11.7 Å². The average Bonchev–Trinajstić information content (AvgIpc) is 3.13. The Morgan fingerprint density at radius 3 is 2.62 bits per heavy atom. The zero-order chi connectivity index (χ0) is 22.3. The zero-order valence-electron chi connectivity index (χ0n) is 18.6. The minimum absolute atomic E-state index is 0.201. The van der Waals surface area contributed by atoms with Gasteiger partial charge in [-0.25, -0.2) is 4.39 Å². The highest BCUT2D eigenvalue weighted by molar-refractivity contribution is 5.86. The van der Waals surface area contributed by atoms with E-state index in [9.17, 15) is 14.0 Å². The third-order valence-electron chi connectivity index (χ3n) is 6.49. The molecule has 0 saturated heterocycles. The first-order valence-corrected chi connectivity index (χ1v) is 11.7. The van der Waals surface area contributed by atoms with Crippen LogP contribution in [0.1, 0.15) is 55.3 Å². The fourth-order valence-corrected chi connectivity index (χ4v) is 4.79. The molecule has 1 aliphatic heterocycles. The van der Waals surface area contributed by atoms with Gasteiger partial charge in [0.1, 0.15) is 12.1 Å². The lowest BCUT2D eigenvalue weighted by atomic mass is 10.0. The second-order valence-electron chi connectivity index (χ2n) is 8.66. The average molecular weight is 435 g/mol. The first kappa shape index (κ1) is 22.3. The molecule has 5 heteroatoms. The topological polar surface area (TPSA) is 42.3 Å². The number of unbranched alkanes of at least 4 members (excludes halogenated alkanes) is 3. The molecule has 32 heavy (non-hydrogen) atoms. The van der Waals surface area contributed by atoms with Crippen molar-refractivity contribution < 1.29 is 14.0 Å². The number of carbonyl (C=O) groups excluding carboxylic acids is 2. The van der Waals surface area contributed by atoms with Gasteiger partial charge in [0.25, 0.3) is 0 Å². The Balaban J connectivity index is 1.45. The minimum atomic E-state index is -0.201. The van der Waals surface area contributed by atoms with Crippen molar-refractivity contribution in [2.75, 3.05) is 6.54 Å². The quantitative estimate of drug-likeness (QED) is 0.315. The van der Waals surface area contributed by atoms with Crippen LogP contribution in [0.3, 0.4) is 0 Å². The second kappa shape index (κ2) is 10.6. The van der Waals surface area contributed by atoms with Crippen molar-refractivity contribution in [3.8, 4) is 0 Å². The molecule has 0 saturated carbocycles. The highest BCUT2D eigenvalue weighted by Gasteiger charge is 2.26. The summed E-state index contributed by atoms with van der Waals surface area (Å²) in [6, 6.07) is 15.3. The number of fused-ring (bicyclic) bond motifs is 3. The summed E-state index contributed by atoms with van der Waals surface area (Å²) in [4.78, 5) is 25.3. The number of aryl methyl sites for hydroxylation is 2. The minimum Gasteiger partial charge on any atom is -0.343 e. The Labute approximate surface area is 189 Å². The Morgan fingerprint density at radius 1 is 1.00 bits per heavy atom. The molecule has 3 aromatic rings. The third kappa shape index (κ3) is 5.09. The largest absolute Gasteiger partial charge is 0.343 e. The van der Waals surface area contributed by atoms with Crippen molar-refractivity contribution in [3.05, 3.63) is 71.2 Å². The summed E-state index contributed by atoms with van der Waals surface area (Å²) in [6.45, 7) is 2.30. The molecule has 1 aliphatic rings. The van der Waals surface area contributed by atoms with Crippen molar-refractivity contribution >= 4 is 23.1 Å². The van der Waals surface area contributed by atoms with E-state index in [1.807, 2.05) is 17.0 Å². The molecule has 4 nitrogen and oxygen atoms in total. The summed E-state index contributed by atoms with van der Waals surface area (Å²) in [5.74, 6) is 0.0117. The zero-order valence-corrected chi connectivity index (χ0v) is 18.6. The fraction of sp³-hybridized carbons (Fsp3) is 0.407. The molecule has 0 bridgehead atoms. The normalized spacial score (nSPS) is 13.3. The van der Waals surface area contributed by atoms with Gasteiger partial charge < -0.3 is 14.3 Å². The van der Waals surface area contributed by atoms with Gasteiger partial charge in [-0.2, -0.15) is 0 Å². The van der Waals surface area contributed by atoms with Crippen LogP contribution in [0.5, 0.6) is 0 Å². The molecule has 0 fully saturated rings. The summed E-state index contributed by atoms with van der Waals surface area (Å²) in [6.07, 6.45) is 7.46. The molecule has 1 amide bonds. The van der Waals surface area contributed by atoms with Gasteiger partial charge in [0.2, 0.25) is 5.91 Å². The third-order valence-corrected chi connectivity index (χ3v) is 6.49. The maximum Gasteiger partial charge on any atom is 0.222 e. The van der Waals surface area contributed by atoms with Crippen molar-refractivity contribution in [2.45, 2.75) is 64.5 Å². The molecule has 168 valence electrons. The standard InChI is InChI=1S/C27H31FN2O2/c28-22-14-12-21(13-15-22)8-7-17-30-25-10-5-4-9-23(25)24-16-18-29(20-26(24)30)27(32)11-3-1-2-6-19-31/h4-5,9-10,12-15,19H,1-3,6-8,11,16-18,20H2.